The van der Waals surface area contributed by atoms with Crippen molar-refractivity contribution in [2.75, 3.05) is 0 Å². The van der Waals surface area contributed by atoms with Gasteiger partial charge in [-0.15, -0.1) is 6.58 Å². The molecular formula is C23H31BO2Si. The lowest BCUT2D eigenvalue weighted by atomic mass is 9.75. The molecule has 3 rings (SSSR count). The van der Waals surface area contributed by atoms with Crippen molar-refractivity contribution in [2.45, 2.75) is 57.5 Å². The smallest absolute Gasteiger partial charge is 0.400 e. The summed E-state index contributed by atoms with van der Waals surface area (Å²) in [5, 5.41) is 1.41. The lowest BCUT2D eigenvalue weighted by molar-refractivity contribution is 0.00578. The molecule has 1 atom stereocenters. The normalized spacial score (nSPS) is 19.7. The minimum absolute atomic E-state index is 0.204. The highest BCUT2D eigenvalue weighted by molar-refractivity contribution is 6.92. The van der Waals surface area contributed by atoms with Crippen LogP contribution in [0.15, 0.2) is 72.7 Å². The van der Waals surface area contributed by atoms with Gasteiger partial charge in [0.25, 0.3) is 0 Å². The summed E-state index contributed by atoms with van der Waals surface area (Å²) in [6.07, 6.45) is 0. The highest BCUT2D eigenvalue weighted by Gasteiger charge is 2.54. The maximum atomic E-state index is 6.36. The topological polar surface area (TPSA) is 18.5 Å². The number of benzene rings is 2. The highest BCUT2D eigenvalue weighted by atomic mass is 28.3. The van der Waals surface area contributed by atoms with Crippen molar-refractivity contribution >= 4 is 20.4 Å². The molecule has 0 N–H and O–H groups in total. The van der Waals surface area contributed by atoms with Crippen molar-refractivity contribution in [3.05, 3.63) is 78.3 Å². The van der Waals surface area contributed by atoms with E-state index in [1.165, 1.54) is 10.8 Å². The summed E-state index contributed by atoms with van der Waals surface area (Å²) in [4.78, 5) is 0. The standard InChI is InChI=1S/C23H31BO2Si/c1-18(24-25-22(2,3)23(4,5)26-24)21(19-14-10-8-11-15-19)27(6,7)20-16-12-9-13-17-20/h8-17,21H,1H2,2-7H3/t21-/m0/s1. The Morgan fingerprint density at radius 3 is 1.78 bits per heavy atom. The minimum atomic E-state index is -1.93. The van der Waals surface area contributed by atoms with Crippen LogP contribution in [-0.2, 0) is 9.31 Å². The summed E-state index contributed by atoms with van der Waals surface area (Å²) in [7, 11) is -2.33. The zero-order valence-electron chi connectivity index (χ0n) is 17.5. The average molecular weight is 378 g/mol. The van der Waals surface area contributed by atoms with Crippen LogP contribution in [0.1, 0.15) is 38.8 Å². The fraction of sp³-hybridized carbons (Fsp3) is 0.391. The van der Waals surface area contributed by atoms with Crippen LogP contribution < -0.4 is 5.19 Å². The Kier molecular flexibility index (Phi) is 5.28. The lowest BCUT2D eigenvalue weighted by Gasteiger charge is -2.36. The van der Waals surface area contributed by atoms with Gasteiger partial charge in [-0.25, -0.2) is 0 Å². The predicted octanol–water partition coefficient (Wildman–Crippen LogP) is 5.11. The van der Waals surface area contributed by atoms with E-state index in [-0.39, 0.29) is 16.7 Å². The molecule has 0 bridgehead atoms. The van der Waals surface area contributed by atoms with Crippen LogP contribution in [0.2, 0.25) is 13.1 Å². The molecule has 1 fully saturated rings. The van der Waals surface area contributed by atoms with Crippen LogP contribution in [0.4, 0.5) is 0 Å². The van der Waals surface area contributed by atoms with Gasteiger partial charge in [0.1, 0.15) is 0 Å². The molecule has 1 aliphatic rings. The molecule has 0 spiro atoms. The minimum Gasteiger partial charge on any atom is -0.400 e. The van der Waals surface area contributed by atoms with E-state index in [0.29, 0.717) is 0 Å². The summed E-state index contributed by atoms with van der Waals surface area (Å²) >= 11 is 0. The van der Waals surface area contributed by atoms with Crippen molar-refractivity contribution in [3.63, 3.8) is 0 Å². The molecule has 0 aliphatic carbocycles. The third-order valence-corrected chi connectivity index (χ3v) is 10.3. The molecule has 0 saturated carbocycles. The molecular weight excluding hydrogens is 347 g/mol. The maximum absolute atomic E-state index is 6.36. The molecule has 0 unspecified atom stereocenters. The summed E-state index contributed by atoms with van der Waals surface area (Å²) in [5.74, 6) is 0. The Morgan fingerprint density at radius 2 is 1.30 bits per heavy atom. The Labute approximate surface area is 165 Å². The average Bonchev–Trinajstić information content (AvgIpc) is 2.84. The van der Waals surface area contributed by atoms with E-state index in [1.54, 1.807) is 0 Å². The van der Waals surface area contributed by atoms with E-state index in [9.17, 15) is 0 Å². The molecule has 1 heterocycles. The van der Waals surface area contributed by atoms with Crippen molar-refractivity contribution in [2.24, 2.45) is 0 Å². The largest absolute Gasteiger partial charge is 0.490 e. The molecule has 0 radical (unpaired) electrons. The van der Waals surface area contributed by atoms with Gasteiger partial charge < -0.3 is 9.31 Å². The monoisotopic (exact) mass is 378 g/mol. The van der Waals surface area contributed by atoms with E-state index in [1.807, 2.05) is 0 Å². The Morgan fingerprint density at radius 1 is 0.852 bits per heavy atom. The first-order valence-corrected chi connectivity index (χ1v) is 12.8. The lowest BCUT2D eigenvalue weighted by Crippen LogP contribution is -2.50. The summed E-state index contributed by atoms with van der Waals surface area (Å²) < 4.78 is 12.7. The fourth-order valence-electron chi connectivity index (χ4n) is 3.90. The Hall–Kier alpha value is -1.62. The van der Waals surface area contributed by atoms with Crippen LogP contribution in [0.3, 0.4) is 0 Å². The second kappa shape index (κ2) is 7.08. The van der Waals surface area contributed by atoms with Crippen LogP contribution >= 0.6 is 0 Å². The number of allylic oxidation sites excluding steroid dienone is 1. The van der Waals surface area contributed by atoms with E-state index < -0.39 is 15.2 Å². The zero-order valence-corrected chi connectivity index (χ0v) is 18.5. The quantitative estimate of drug-likeness (QED) is 0.673. The van der Waals surface area contributed by atoms with Gasteiger partial charge in [-0.3, -0.25) is 0 Å². The molecule has 142 valence electrons. The first-order chi connectivity index (χ1) is 12.6. The summed E-state index contributed by atoms with van der Waals surface area (Å²) in [6.45, 7) is 17.7. The van der Waals surface area contributed by atoms with E-state index in [4.69, 9.17) is 9.31 Å². The van der Waals surface area contributed by atoms with E-state index in [2.05, 4.69) is 108 Å². The summed E-state index contributed by atoms with van der Waals surface area (Å²) in [6, 6.07) is 21.5. The van der Waals surface area contributed by atoms with Crippen LogP contribution in [-0.4, -0.2) is 26.4 Å². The number of hydrogen-bond acceptors (Lipinski definition) is 2. The fourth-order valence-corrected chi connectivity index (χ4v) is 7.38. The van der Waals surface area contributed by atoms with Crippen LogP contribution in [0.25, 0.3) is 0 Å². The van der Waals surface area contributed by atoms with E-state index in [0.717, 1.165) is 5.47 Å². The highest BCUT2D eigenvalue weighted by Crippen LogP contribution is 2.43. The first-order valence-electron chi connectivity index (χ1n) is 9.71. The molecule has 4 heteroatoms. The molecule has 2 aromatic carbocycles. The van der Waals surface area contributed by atoms with Gasteiger partial charge >= 0.3 is 7.12 Å². The van der Waals surface area contributed by atoms with Crippen molar-refractivity contribution in [1.82, 2.24) is 0 Å². The number of hydrogen-bond donors (Lipinski definition) is 0. The van der Waals surface area contributed by atoms with Gasteiger partial charge in [-0.2, -0.15) is 0 Å². The van der Waals surface area contributed by atoms with Gasteiger partial charge in [0.05, 0.1) is 19.3 Å². The SMILES string of the molecule is C=C(B1OC(C)(C)C(C)(C)O1)[C@@H](c1ccccc1)[Si](C)(C)c1ccccc1. The first kappa shape index (κ1) is 20.1. The molecule has 27 heavy (non-hydrogen) atoms. The molecule has 1 saturated heterocycles. The van der Waals surface area contributed by atoms with Gasteiger partial charge in [0.15, 0.2) is 0 Å². The zero-order chi connectivity index (χ0) is 19.9. The molecule has 2 nitrogen and oxygen atoms in total. The third kappa shape index (κ3) is 3.71. The molecule has 0 aromatic heterocycles. The van der Waals surface area contributed by atoms with Gasteiger partial charge in [0, 0.05) is 5.54 Å². The van der Waals surface area contributed by atoms with E-state index >= 15 is 0 Å². The van der Waals surface area contributed by atoms with Crippen LogP contribution in [0, 0.1) is 0 Å². The Bertz CT molecular complexity index is 784. The maximum Gasteiger partial charge on any atom is 0.490 e. The summed E-state index contributed by atoms with van der Waals surface area (Å²) in [5.41, 5.74) is 1.80. The van der Waals surface area contributed by atoms with Crippen molar-refractivity contribution < 1.29 is 9.31 Å². The molecule has 1 aliphatic heterocycles. The van der Waals surface area contributed by atoms with Gasteiger partial charge in [-0.1, -0.05) is 78.9 Å². The van der Waals surface area contributed by atoms with Crippen LogP contribution in [0.5, 0.6) is 0 Å². The van der Waals surface area contributed by atoms with Crippen molar-refractivity contribution in [1.29, 1.82) is 0 Å². The second-order valence-electron chi connectivity index (χ2n) is 9.09. The number of rotatable bonds is 5. The van der Waals surface area contributed by atoms with Gasteiger partial charge in [0.2, 0.25) is 0 Å². The van der Waals surface area contributed by atoms with Gasteiger partial charge in [-0.05, 0) is 38.7 Å². The van der Waals surface area contributed by atoms with Crippen molar-refractivity contribution in [3.8, 4) is 0 Å². The Balaban J connectivity index is 2.03. The third-order valence-electron chi connectivity index (χ3n) is 6.30. The second-order valence-corrected chi connectivity index (χ2v) is 13.7. The predicted molar refractivity (Wildman–Crippen MR) is 118 cm³/mol. The molecule has 2 aromatic rings. The molecule has 0 amide bonds.